The number of piperidine rings is 1. The normalized spacial score (nSPS) is 36.3. The summed E-state index contributed by atoms with van der Waals surface area (Å²) in [5.74, 6) is 0. The molecular formula is C7H14INO. The Bertz CT molecular complexity index is 110. The number of rotatable bonds is 1. The van der Waals surface area contributed by atoms with E-state index in [1.54, 1.807) is 0 Å². The van der Waals surface area contributed by atoms with Crippen molar-refractivity contribution in [3.05, 3.63) is 0 Å². The molecule has 0 radical (unpaired) electrons. The molecule has 1 saturated heterocycles. The fourth-order valence-electron chi connectivity index (χ4n) is 1.26. The van der Waals surface area contributed by atoms with Gasteiger partial charge in [0.25, 0.3) is 0 Å². The Hall–Kier alpha value is 0.650. The summed E-state index contributed by atoms with van der Waals surface area (Å²) in [5, 5.41) is 9.43. The molecule has 1 aliphatic rings. The number of aliphatic hydroxyl groups is 1. The van der Waals surface area contributed by atoms with Gasteiger partial charge in [-0.3, -0.25) is 0 Å². The largest absolute Gasteiger partial charge is 0.391 e. The van der Waals surface area contributed by atoms with Crippen molar-refractivity contribution in [1.82, 2.24) is 4.90 Å². The first-order chi connectivity index (χ1) is 4.74. The molecule has 0 saturated carbocycles. The number of alkyl halides is 1. The summed E-state index contributed by atoms with van der Waals surface area (Å²) in [6.45, 7) is 5.23. The average molecular weight is 255 g/mol. The predicted octanol–water partition coefficient (Wildman–Crippen LogP) is 0.877. The number of halogens is 1. The molecule has 0 aromatic rings. The lowest BCUT2D eigenvalue weighted by atomic mass is 10.1. The van der Waals surface area contributed by atoms with Crippen molar-refractivity contribution in [3.8, 4) is 0 Å². The first-order valence-corrected chi connectivity index (χ1v) is 5.03. The minimum atomic E-state index is -0.103. The maximum atomic E-state index is 9.43. The maximum Gasteiger partial charge on any atom is 0.0784 e. The monoisotopic (exact) mass is 255 g/mol. The molecular weight excluding hydrogens is 241 g/mol. The van der Waals surface area contributed by atoms with Gasteiger partial charge in [-0.05, 0) is 19.5 Å². The van der Waals surface area contributed by atoms with E-state index in [0.29, 0.717) is 3.92 Å². The summed E-state index contributed by atoms with van der Waals surface area (Å²) >= 11 is 2.33. The van der Waals surface area contributed by atoms with Crippen LogP contribution in [0.25, 0.3) is 0 Å². The van der Waals surface area contributed by atoms with Crippen molar-refractivity contribution in [2.45, 2.75) is 23.4 Å². The van der Waals surface area contributed by atoms with Crippen molar-refractivity contribution in [2.24, 2.45) is 0 Å². The minimum absolute atomic E-state index is 0.103. The second-order valence-corrected chi connectivity index (χ2v) is 4.37. The lowest BCUT2D eigenvalue weighted by Crippen LogP contribution is -2.43. The van der Waals surface area contributed by atoms with Crippen LogP contribution in [-0.4, -0.2) is 39.7 Å². The summed E-state index contributed by atoms with van der Waals surface area (Å²) in [6, 6.07) is 0. The zero-order chi connectivity index (χ0) is 7.56. The lowest BCUT2D eigenvalue weighted by molar-refractivity contribution is 0.0837. The first kappa shape index (κ1) is 8.74. The fraction of sp³-hybridized carbons (Fsp3) is 1.00. The van der Waals surface area contributed by atoms with Gasteiger partial charge in [-0.25, -0.2) is 0 Å². The molecule has 1 heterocycles. The van der Waals surface area contributed by atoms with Gasteiger partial charge in [0.05, 0.1) is 6.10 Å². The van der Waals surface area contributed by atoms with Crippen LogP contribution in [0.15, 0.2) is 0 Å². The molecule has 1 fully saturated rings. The molecule has 10 heavy (non-hydrogen) atoms. The van der Waals surface area contributed by atoms with Gasteiger partial charge in [-0.2, -0.15) is 0 Å². The van der Waals surface area contributed by atoms with Gasteiger partial charge < -0.3 is 10.0 Å². The zero-order valence-electron chi connectivity index (χ0n) is 6.26. The van der Waals surface area contributed by atoms with Crippen LogP contribution >= 0.6 is 22.6 Å². The smallest absolute Gasteiger partial charge is 0.0784 e. The highest BCUT2D eigenvalue weighted by Crippen LogP contribution is 2.17. The van der Waals surface area contributed by atoms with Crippen molar-refractivity contribution < 1.29 is 5.11 Å². The molecule has 0 bridgehead atoms. The van der Waals surface area contributed by atoms with E-state index in [1.165, 1.54) is 0 Å². The minimum Gasteiger partial charge on any atom is -0.391 e. The molecule has 0 spiro atoms. The Morgan fingerprint density at radius 3 is 2.90 bits per heavy atom. The third-order valence-corrected chi connectivity index (χ3v) is 3.48. The topological polar surface area (TPSA) is 23.5 Å². The third-order valence-electron chi connectivity index (χ3n) is 2.03. The molecule has 3 heteroatoms. The van der Waals surface area contributed by atoms with E-state index in [0.717, 1.165) is 26.1 Å². The van der Waals surface area contributed by atoms with E-state index >= 15 is 0 Å². The molecule has 0 amide bonds. The van der Waals surface area contributed by atoms with Gasteiger partial charge >= 0.3 is 0 Å². The van der Waals surface area contributed by atoms with Crippen LogP contribution in [0.1, 0.15) is 13.3 Å². The van der Waals surface area contributed by atoms with Gasteiger partial charge in [-0.1, -0.05) is 29.5 Å². The van der Waals surface area contributed by atoms with E-state index in [4.69, 9.17) is 0 Å². The van der Waals surface area contributed by atoms with Crippen molar-refractivity contribution in [1.29, 1.82) is 0 Å². The van der Waals surface area contributed by atoms with Gasteiger partial charge in [0, 0.05) is 10.5 Å². The molecule has 2 unspecified atom stereocenters. The van der Waals surface area contributed by atoms with Crippen LogP contribution in [0, 0.1) is 0 Å². The van der Waals surface area contributed by atoms with Crippen LogP contribution in [0.4, 0.5) is 0 Å². The average Bonchev–Trinajstić information content (AvgIpc) is 1.95. The number of likely N-dealkylation sites (N-methyl/N-ethyl adjacent to an activating group) is 1. The van der Waals surface area contributed by atoms with Gasteiger partial charge in [-0.15, -0.1) is 0 Å². The highest BCUT2D eigenvalue weighted by atomic mass is 127. The Balaban J connectivity index is 2.33. The van der Waals surface area contributed by atoms with E-state index in [2.05, 4.69) is 34.4 Å². The van der Waals surface area contributed by atoms with Gasteiger partial charge in [0.1, 0.15) is 0 Å². The summed E-state index contributed by atoms with van der Waals surface area (Å²) in [6.07, 6.45) is 1.03. The van der Waals surface area contributed by atoms with Crippen molar-refractivity contribution in [2.75, 3.05) is 19.6 Å². The molecule has 0 aliphatic carbocycles. The van der Waals surface area contributed by atoms with Gasteiger partial charge in [0.2, 0.25) is 0 Å². The quantitative estimate of drug-likeness (QED) is 0.555. The van der Waals surface area contributed by atoms with Crippen LogP contribution in [0.3, 0.4) is 0 Å². The third kappa shape index (κ3) is 2.07. The van der Waals surface area contributed by atoms with Crippen LogP contribution < -0.4 is 0 Å². The number of likely N-dealkylation sites (tertiary alicyclic amines) is 1. The summed E-state index contributed by atoms with van der Waals surface area (Å²) in [4.78, 5) is 2.29. The second-order valence-electron chi connectivity index (χ2n) is 2.77. The number of nitrogens with zero attached hydrogens (tertiary/aromatic N) is 1. The number of aliphatic hydroxyl groups excluding tert-OH is 1. The standard InChI is InChI=1S/C7H14INO/c1-2-9-4-3-6(8)7(10)5-9/h6-7,10H,2-5H2,1H3. The maximum absolute atomic E-state index is 9.43. The molecule has 1 rings (SSSR count). The summed E-state index contributed by atoms with van der Waals surface area (Å²) in [5.41, 5.74) is 0. The fourth-order valence-corrected chi connectivity index (χ4v) is 1.76. The molecule has 2 nitrogen and oxygen atoms in total. The molecule has 1 N–H and O–H groups in total. The van der Waals surface area contributed by atoms with Crippen molar-refractivity contribution >= 4 is 22.6 Å². The van der Waals surface area contributed by atoms with E-state index in [9.17, 15) is 5.11 Å². The molecule has 0 aromatic carbocycles. The van der Waals surface area contributed by atoms with E-state index in [-0.39, 0.29) is 6.10 Å². The number of hydrogen-bond acceptors (Lipinski definition) is 2. The van der Waals surface area contributed by atoms with Crippen LogP contribution in [0.5, 0.6) is 0 Å². The first-order valence-electron chi connectivity index (χ1n) is 3.78. The highest BCUT2D eigenvalue weighted by Gasteiger charge is 2.23. The van der Waals surface area contributed by atoms with Crippen LogP contribution in [-0.2, 0) is 0 Å². The molecule has 1 aliphatic heterocycles. The predicted molar refractivity (Wildman–Crippen MR) is 50.5 cm³/mol. The Morgan fingerprint density at radius 1 is 1.70 bits per heavy atom. The van der Waals surface area contributed by atoms with Gasteiger partial charge in [0.15, 0.2) is 0 Å². The Labute approximate surface area is 75.7 Å². The highest BCUT2D eigenvalue weighted by molar-refractivity contribution is 14.1. The summed E-state index contributed by atoms with van der Waals surface area (Å²) in [7, 11) is 0. The van der Waals surface area contributed by atoms with E-state index < -0.39 is 0 Å². The SMILES string of the molecule is CCN1CCC(I)C(O)C1. The molecule has 60 valence electrons. The Kier molecular flexibility index (Phi) is 3.39. The molecule has 2 atom stereocenters. The van der Waals surface area contributed by atoms with E-state index in [1.807, 2.05) is 0 Å². The number of hydrogen-bond donors (Lipinski definition) is 1. The lowest BCUT2D eigenvalue weighted by Gasteiger charge is -2.32. The van der Waals surface area contributed by atoms with Crippen molar-refractivity contribution in [3.63, 3.8) is 0 Å². The number of β-amino-alcohol motifs (C(OH)–C–C–N with tert-alkyl or cyclic N) is 1. The zero-order valence-corrected chi connectivity index (χ0v) is 8.41. The van der Waals surface area contributed by atoms with Crippen LogP contribution in [0.2, 0.25) is 0 Å². The summed E-state index contributed by atoms with van der Waals surface area (Å²) < 4.78 is 0.473. The Morgan fingerprint density at radius 2 is 2.40 bits per heavy atom. The second kappa shape index (κ2) is 3.88. The molecule has 0 aromatic heterocycles.